The van der Waals surface area contributed by atoms with Crippen molar-refractivity contribution in [1.29, 1.82) is 0 Å². The normalized spacial score (nSPS) is 21.1. The fourth-order valence-electron chi connectivity index (χ4n) is 2.02. The minimum atomic E-state index is -0.888. The van der Waals surface area contributed by atoms with Crippen molar-refractivity contribution in [2.24, 2.45) is 5.41 Å². The van der Waals surface area contributed by atoms with Gasteiger partial charge in [-0.25, -0.2) is 9.18 Å². The molecular weight excluding hydrogens is 249 g/mol. The molecule has 0 bridgehead atoms. The van der Waals surface area contributed by atoms with Crippen molar-refractivity contribution in [2.45, 2.75) is 26.9 Å². The summed E-state index contributed by atoms with van der Waals surface area (Å²) >= 11 is 0. The maximum absolute atomic E-state index is 13.7. The van der Waals surface area contributed by atoms with Gasteiger partial charge in [0.15, 0.2) is 6.10 Å². The first kappa shape index (κ1) is 13.5. The lowest BCUT2D eigenvalue weighted by atomic mass is 9.89. The SMILES string of the molecule is Cc1ccc(C(=O)O[C@H]2C(=O)NCC2(C)C)c(F)c1. The Morgan fingerprint density at radius 2 is 2.16 bits per heavy atom. The summed E-state index contributed by atoms with van der Waals surface area (Å²) in [5.41, 5.74) is 0.0718. The van der Waals surface area contributed by atoms with Crippen LogP contribution in [0.5, 0.6) is 0 Å². The van der Waals surface area contributed by atoms with Crippen LogP contribution in [0.3, 0.4) is 0 Å². The molecule has 102 valence electrons. The summed E-state index contributed by atoms with van der Waals surface area (Å²) in [7, 11) is 0. The molecule has 0 unspecified atom stereocenters. The quantitative estimate of drug-likeness (QED) is 0.830. The predicted octanol–water partition coefficient (Wildman–Crippen LogP) is 1.82. The molecule has 2 rings (SSSR count). The van der Waals surface area contributed by atoms with Gasteiger partial charge in [-0.3, -0.25) is 4.79 Å². The van der Waals surface area contributed by atoms with Crippen LogP contribution in [0, 0.1) is 18.2 Å². The molecule has 0 saturated carbocycles. The summed E-state index contributed by atoms with van der Waals surface area (Å²) in [4.78, 5) is 23.5. The van der Waals surface area contributed by atoms with E-state index in [0.717, 1.165) is 0 Å². The summed E-state index contributed by atoms with van der Waals surface area (Å²) < 4.78 is 18.8. The highest BCUT2D eigenvalue weighted by molar-refractivity contribution is 5.93. The number of carbonyl (C=O) groups excluding carboxylic acids is 2. The first-order chi connectivity index (χ1) is 8.81. The number of hydrogen-bond acceptors (Lipinski definition) is 3. The fourth-order valence-corrected chi connectivity index (χ4v) is 2.02. The van der Waals surface area contributed by atoms with Crippen molar-refractivity contribution in [3.63, 3.8) is 0 Å². The van der Waals surface area contributed by atoms with E-state index < -0.39 is 23.3 Å². The monoisotopic (exact) mass is 265 g/mol. The third kappa shape index (κ3) is 2.59. The average Bonchev–Trinajstić information content (AvgIpc) is 2.56. The molecule has 1 saturated heterocycles. The molecule has 0 aliphatic carbocycles. The van der Waals surface area contributed by atoms with Crippen LogP contribution in [0.25, 0.3) is 0 Å². The molecule has 1 aromatic carbocycles. The minimum absolute atomic E-state index is 0.152. The Bertz CT molecular complexity index is 539. The van der Waals surface area contributed by atoms with Gasteiger partial charge >= 0.3 is 5.97 Å². The highest BCUT2D eigenvalue weighted by Gasteiger charge is 2.44. The number of esters is 1. The topological polar surface area (TPSA) is 55.4 Å². The van der Waals surface area contributed by atoms with Gasteiger partial charge in [-0.05, 0) is 24.6 Å². The maximum Gasteiger partial charge on any atom is 0.341 e. The smallest absolute Gasteiger partial charge is 0.341 e. The van der Waals surface area contributed by atoms with E-state index in [-0.39, 0.29) is 11.5 Å². The summed E-state index contributed by atoms with van der Waals surface area (Å²) in [6, 6.07) is 4.25. The van der Waals surface area contributed by atoms with E-state index in [1.807, 2.05) is 13.8 Å². The molecule has 4 nitrogen and oxygen atoms in total. The lowest BCUT2D eigenvalue weighted by Gasteiger charge is -2.23. The van der Waals surface area contributed by atoms with Crippen LogP contribution in [-0.2, 0) is 9.53 Å². The number of ether oxygens (including phenoxy) is 1. The first-order valence-corrected chi connectivity index (χ1v) is 6.06. The highest BCUT2D eigenvalue weighted by atomic mass is 19.1. The van der Waals surface area contributed by atoms with E-state index in [2.05, 4.69) is 5.32 Å². The molecular formula is C14H16FNO3. The van der Waals surface area contributed by atoms with Gasteiger partial charge in [-0.2, -0.15) is 0 Å². The predicted molar refractivity (Wildman–Crippen MR) is 67.1 cm³/mol. The zero-order valence-corrected chi connectivity index (χ0v) is 11.1. The van der Waals surface area contributed by atoms with Crippen LogP contribution in [0.2, 0.25) is 0 Å². The van der Waals surface area contributed by atoms with Crippen LogP contribution in [0.1, 0.15) is 29.8 Å². The molecule has 19 heavy (non-hydrogen) atoms. The molecule has 5 heteroatoms. The van der Waals surface area contributed by atoms with Crippen molar-refractivity contribution in [3.8, 4) is 0 Å². The van der Waals surface area contributed by atoms with E-state index in [0.29, 0.717) is 12.1 Å². The Balaban J connectivity index is 2.19. The van der Waals surface area contributed by atoms with E-state index in [1.165, 1.54) is 12.1 Å². The third-order valence-electron chi connectivity index (χ3n) is 3.24. The number of carbonyl (C=O) groups is 2. The second-order valence-corrected chi connectivity index (χ2v) is 5.48. The number of rotatable bonds is 2. The van der Waals surface area contributed by atoms with Crippen molar-refractivity contribution in [1.82, 2.24) is 5.32 Å². The van der Waals surface area contributed by atoms with Crippen LogP contribution in [-0.4, -0.2) is 24.5 Å². The van der Waals surface area contributed by atoms with E-state index in [1.54, 1.807) is 13.0 Å². The molecule has 1 aliphatic heterocycles. The molecule has 1 amide bonds. The standard InChI is InChI=1S/C14H16FNO3/c1-8-4-5-9(10(15)6-8)13(18)19-11-12(17)16-7-14(11,2)3/h4-6,11H,7H2,1-3H3,(H,16,17)/t11-/m0/s1. The van der Waals surface area contributed by atoms with Crippen LogP contribution in [0.15, 0.2) is 18.2 Å². The highest BCUT2D eigenvalue weighted by Crippen LogP contribution is 2.28. The van der Waals surface area contributed by atoms with Gasteiger partial charge in [0.1, 0.15) is 5.82 Å². The third-order valence-corrected chi connectivity index (χ3v) is 3.24. The molecule has 0 aromatic heterocycles. The Morgan fingerprint density at radius 1 is 1.47 bits per heavy atom. The molecule has 0 radical (unpaired) electrons. The second-order valence-electron chi connectivity index (χ2n) is 5.48. The van der Waals surface area contributed by atoms with Gasteiger partial charge in [0, 0.05) is 12.0 Å². The Morgan fingerprint density at radius 3 is 2.68 bits per heavy atom. The largest absolute Gasteiger partial charge is 0.448 e. The Kier molecular flexibility index (Phi) is 3.30. The summed E-state index contributed by atoms with van der Waals surface area (Å²) in [6.07, 6.45) is -0.888. The Labute approximate surface area is 110 Å². The van der Waals surface area contributed by atoms with Crippen molar-refractivity contribution < 1.29 is 18.7 Å². The van der Waals surface area contributed by atoms with Crippen molar-refractivity contribution in [3.05, 3.63) is 35.1 Å². The van der Waals surface area contributed by atoms with Crippen molar-refractivity contribution >= 4 is 11.9 Å². The van der Waals surface area contributed by atoms with E-state index in [9.17, 15) is 14.0 Å². The Hall–Kier alpha value is -1.91. The zero-order valence-electron chi connectivity index (χ0n) is 11.1. The van der Waals surface area contributed by atoms with Gasteiger partial charge in [-0.1, -0.05) is 19.9 Å². The minimum Gasteiger partial charge on any atom is -0.448 e. The molecule has 1 atom stereocenters. The average molecular weight is 265 g/mol. The fraction of sp³-hybridized carbons (Fsp3) is 0.429. The molecule has 1 heterocycles. The summed E-state index contributed by atoms with van der Waals surface area (Å²) in [5.74, 6) is -1.79. The van der Waals surface area contributed by atoms with Crippen LogP contribution < -0.4 is 5.32 Å². The lowest BCUT2D eigenvalue weighted by molar-refractivity contribution is -0.129. The number of benzene rings is 1. The maximum atomic E-state index is 13.7. The lowest BCUT2D eigenvalue weighted by Crippen LogP contribution is -2.35. The van der Waals surface area contributed by atoms with Crippen LogP contribution in [0.4, 0.5) is 4.39 Å². The number of hydrogen-bond donors (Lipinski definition) is 1. The summed E-state index contributed by atoms with van der Waals surface area (Å²) in [5, 5.41) is 2.63. The molecule has 1 aromatic rings. The number of halogens is 1. The zero-order chi connectivity index (χ0) is 14.2. The van der Waals surface area contributed by atoms with Gasteiger partial charge in [-0.15, -0.1) is 0 Å². The summed E-state index contributed by atoms with van der Waals surface area (Å²) in [6.45, 7) is 5.79. The van der Waals surface area contributed by atoms with Crippen molar-refractivity contribution in [2.75, 3.05) is 6.54 Å². The molecule has 0 spiro atoms. The number of aryl methyl sites for hydroxylation is 1. The van der Waals surface area contributed by atoms with Gasteiger partial charge in [0.2, 0.25) is 0 Å². The van der Waals surface area contributed by atoms with Gasteiger partial charge < -0.3 is 10.1 Å². The first-order valence-electron chi connectivity index (χ1n) is 6.06. The van der Waals surface area contributed by atoms with Crippen LogP contribution >= 0.6 is 0 Å². The molecule has 1 fully saturated rings. The van der Waals surface area contributed by atoms with Gasteiger partial charge in [0.05, 0.1) is 5.56 Å². The number of amides is 1. The second kappa shape index (κ2) is 4.64. The molecule has 1 N–H and O–H groups in total. The molecule has 1 aliphatic rings. The van der Waals surface area contributed by atoms with E-state index in [4.69, 9.17) is 4.74 Å². The van der Waals surface area contributed by atoms with Gasteiger partial charge in [0.25, 0.3) is 5.91 Å². The van der Waals surface area contributed by atoms with E-state index >= 15 is 0 Å². The number of nitrogens with one attached hydrogen (secondary N) is 1.